The summed E-state index contributed by atoms with van der Waals surface area (Å²) in [6.07, 6.45) is 6.62. The summed E-state index contributed by atoms with van der Waals surface area (Å²) in [4.78, 5) is 7.13. The molecule has 57 heavy (non-hydrogen) atoms. The van der Waals surface area contributed by atoms with E-state index in [0.29, 0.717) is 0 Å². The van der Waals surface area contributed by atoms with Crippen LogP contribution in [0.1, 0.15) is 36.2 Å². The number of aromatic nitrogens is 1. The van der Waals surface area contributed by atoms with Gasteiger partial charge in [-0.1, -0.05) is 152 Å². The molecule has 3 nitrogen and oxygen atoms in total. The average molecular weight is 734 g/mol. The molecule has 0 atom stereocenters. The molecule has 274 valence electrons. The van der Waals surface area contributed by atoms with Crippen LogP contribution in [0.2, 0.25) is 0 Å². The molecule has 0 fully saturated rings. The fourth-order valence-corrected chi connectivity index (χ4v) is 8.64. The first kappa shape index (κ1) is 35.5. The Balaban J connectivity index is 1.24. The molecule has 0 spiro atoms. The Morgan fingerprint density at radius 2 is 1.16 bits per heavy atom. The van der Waals surface area contributed by atoms with Gasteiger partial charge < -0.3 is 4.90 Å². The standard InChI is InChI=1S/C54H43N3/c1-5-20-44-38(3)56(42-27-19-28-43(36-42)57(41-25-10-7-11-26-41)51-34-18-24-39-21-12-13-29-45(39)51)54(55-4)50(44)35-37(2)52-46-30-14-16-32-48(46)53(40-22-8-6-9-23-40)49-33-17-15-31-47(49)52/h5-36H,4H2,1-3H3/b20-5-,37-35+. The number of fused-ring (bicyclic) bond motifs is 3. The summed E-state index contributed by atoms with van der Waals surface area (Å²) in [7, 11) is 0. The Hall–Kier alpha value is -7.23. The van der Waals surface area contributed by atoms with Crippen LogP contribution in [0.5, 0.6) is 0 Å². The number of rotatable bonds is 9. The van der Waals surface area contributed by atoms with Gasteiger partial charge in [-0.3, -0.25) is 4.57 Å². The van der Waals surface area contributed by atoms with E-state index in [1.165, 1.54) is 49.0 Å². The monoisotopic (exact) mass is 733 g/mol. The van der Waals surface area contributed by atoms with Crippen LogP contribution >= 0.6 is 0 Å². The van der Waals surface area contributed by atoms with Crippen molar-refractivity contribution in [3.05, 3.63) is 204 Å². The molecule has 9 aromatic rings. The largest absolute Gasteiger partial charge is 0.310 e. The molecule has 0 bridgehead atoms. The average Bonchev–Trinajstić information content (AvgIpc) is 3.52. The lowest BCUT2D eigenvalue weighted by atomic mass is 9.86. The molecule has 3 heteroatoms. The van der Waals surface area contributed by atoms with E-state index in [4.69, 9.17) is 4.99 Å². The second-order valence-corrected chi connectivity index (χ2v) is 14.5. The zero-order valence-electron chi connectivity index (χ0n) is 32.5. The minimum atomic E-state index is 0.808. The zero-order valence-corrected chi connectivity index (χ0v) is 32.5. The minimum absolute atomic E-state index is 0.808. The Labute approximate surface area is 334 Å². The summed E-state index contributed by atoms with van der Waals surface area (Å²) in [6.45, 7) is 10.7. The summed E-state index contributed by atoms with van der Waals surface area (Å²) in [6, 6.07) is 62.8. The number of anilines is 3. The number of hydrogen-bond acceptors (Lipinski definition) is 2. The van der Waals surface area contributed by atoms with Crippen molar-refractivity contribution in [1.29, 1.82) is 0 Å². The number of para-hydroxylation sites is 1. The summed E-state index contributed by atoms with van der Waals surface area (Å²) < 4.78 is 2.26. The molecular formula is C54H43N3. The van der Waals surface area contributed by atoms with Crippen molar-refractivity contribution < 1.29 is 0 Å². The number of allylic oxidation sites excluding steroid dienone is 2. The fourth-order valence-electron chi connectivity index (χ4n) is 8.64. The quantitative estimate of drug-likeness (QED) is 0.107. The second-order valence-electron chi connectivity index (χ2n) is 14.5. The van der Waals surface area contributed by atoms with E-state index in [-0.39, 0.29) is 0 Å². The van der Waals surface area contributed by atoms with E-state index in [1.54, 1.807) is 0 Å². The summed E-state index contributed by atoms with van der Waals surface area (Å²) >= 11 is 0. The van der Waals surface area contributed by atoms with Crippen molar-refractivity contribution in [2.75, 3.05) is 4.90 Å². The van der Waals surface area contributed by atoms with Crippen molar-refractivity contribution >= 4 is 79.6 Å². The highest BCUT2D eigenvalue weighted by Crippen LogP contribution is 2.45. The van der Waals surface area contributed by atoms with Gasteiger partial charge in [-0.25, -0.2) is 4.99 Å². The first-order valence-corrected chi connectivity index (χ1v) is 19.5. The lowest BCUT2D eigenvalue weighted by Gasteiger charge is -2.27. The van der Waals surface area contributed by atoms with E-state index in [1.807, 2.05) is 0 Å². The summed E-state index contributed by atoms with van der Waals surface area (Å²) in [5.41, 5.74) is 12.4. The first-order chi connectivity index (χ1) is 28.1. The predicted octanol–water partition coefficient (Wildman–Crippen LogP) is 15.3. The van der Waals surface area contributed by atoms with Crippen molar-refractivity contribution in [2.45, 2.75) is 20.8 Å². The van der Waals surface area contributed by atoms with Gasteiger partial charge in [0.2, 0.25) is 0 Å². The molecule has 9 rings (SSSR count). The smallest absolute Gasteiger partial charge is 0.144 e. The fraction of sp³-hybridized carbons (Fsp3) is 0.0556. The maximum atomic E-state index is 4.79. The normalized spacial score (nSPS) is 11.9. The third-order valence-electron chi connectivity index (χ3n) is 11.1. The lowest BCUT2D eigenvalue weighted by Crippen LogP contribution is -2.11. The molecule has 0 saturated carbocycles. The van der Waals surface area contributed by atoms with Gasteiger partial charge in [-0.2, -0.15) is 0 Å². The van der Waals surface area contributed by atoms with Crippen LogP contribution in [-0.2, 0) is 0 Å². The Morgan fingerprint density at radius 3 is 1.82 bits per heavy atom. The Morgan fingerprint density at radius 1 is 0.596 bits per heavy atom. The predicted molar refractivity (Wildman–Crippen MR) is 247 cm³/mol. The zero-order chi connectivity index (χ0) is 38.9. The van der Waals surface area contributed by atoms with E-state index >= 15 is 0 Å². The molecule has 0 aliphatic heterocycles. The van der Waals surface area contributed by atoms with Gasteiger partial charge in [0.1, 0.15) is 5.82 Å². The number of hydrogen-bond donors (Lipinski definition) is 0. The van der Waals surface area contributed by atoms with Crippen LogP contribution in [0.15, 0.2) is 187 Å². The molecule has 0 amide bonds. The maximum absolute atomic E-state index is 4.79. The molecule has 1 aromatic heterocycles. The number of aliphatic imine (C=N–C) groups is 1. The van der Waals surface area contributed by atoms with Crippen molar-refractivity contribution in [2.24, 2.45) is 4.99 Å². The molecule has 0 radical (unpaired) electrons. The van der Waals surface area contributed by atoms with Crippen LogP contribution in [0, 0.1) is 6.92 Å². The molecule has 8 aromatic carbocycles. The topological polar surface area (TPSA) is 20.5 Å². The van der Waals surface area contributed by atoms with Gasteiger partial charge in [0.25, 0.3) is 0 Å². The Bertz CT molecular complexity index is 2940. The summed E-state index contributed by atoms with van der Waals surface area (Å²) in [5.74, 6) is 0.808. The number of nitrogens with zero attached hydrogens (tertiary/aromatic N) is 3. The van der Waals surface area contributed by atoms with Crippen LogP contribution in [0.3, 0.4) is 0 Å². The van der Waals surface area contributed by atoms with Crippen LogP contribution in [0.25, 0.3) is 66.9 Å². The highest BCUT2D eigenvalue weighted by molar-refractivity contribution is 6.19. The van der Waals surface area contributed by atoms with Crippen LogP contribution in [-0.4, -0.2) is 11.3 Å². The molecule has 1 heterocycles. The second kappa shape index (κ2) is 15.1. The molecule has 0 unspecified atom stereocenters. The van der Waals surface area contributed by atoms with Gasteiger partial charge in [0, 0.05) is 39.3 Å². The molecular weight excluding hydrogens is 691 g/mol. The summed E-state index contributed by atoms with van der Waals surface area (Å²) in [5, 5.41) is 7.31. The maximum Gasteiger partial charge on any atom is 0.144 e. The third-order valence-corrected chi connectivity index (χ3v) is 11.1. The molecule has 0 aliphatic rings. The minimum Gasteiger partial charge on any atom is -0.310 e. The van der Waals surface area contributed by atoms with E-state index < -0.39 is 0 Å². The lowest BCUT2D eigenvalue weighted by molar-refractivity contribution is 1.01. The first-order valence-electron chi connectivity index (χ1n) is 19.5. The van der Waals surface area contributed by atoms with Gasteiger partial charge in [0.15, 0.2) is 0 Å². The van der Waals surface area contributed by atoms with E-state index in [0.717, 1.165) is 51.0 Å². The van der Waals surface area contributed by atoms with Gasteiger partial charge in [-0.05, 0) is 119 Å². The van der Waals surface area contributed by atoms with Gasteiger partial charge in [-0.15, -0.1) is 0 Å². The number of benzene rings is 8. The van der Waals surface area contributed by atoms with Crippen molar-refractivity contribution in [3.63, 3.8) is 0 Å². The molecule has 0 aliphatic carbocycles. The van der Waals surface area contributed by atoms with Gasteiger partial charge in [0.05, 0.1) is 5.69 Å². The van der Waals surface area contributed by atoms with Crippen LogP contribution in [0.4, 0.5) is 22.9 Å². The van der Waals surface area contributed by atoms with Crippen molar-refractivity contribution in [3.8, 4) is 16.8 Å². The van der Waals surface area contributed by atoms with E-state index in [2.05, 4.69) is 231 Å². The third kappa shape index (κ3) is 6.24. The molecule has 0 saturated heterocycles. The van der Waals surface area contributed by atoms with E-state index in [9.17, 15) is 0 Å². The van der Waals surface area contributed by atoms with Crippen molar-refractivity contribution in [1.82, 2.24) is 4.57 Å². The highest BCUT2D eigenvalue weighted by Gasteiger charge is 2.22. The molecule has 0 N–H and O–H groups in total. The SMILES string of the molecule is C=Nc1c(/C=C(\C)c2c3ccccc3c(-c3ccccc3)c3ccccc23)c(/C=C\C)c(C)n1-c1cccc(N(c2ccccc2)c2cccc3ccccc23)c1. The highest BCUT2D eigenvalue weighted by atomic mass is 15.2. The Kier molecular flexibility index (Phi) is 9.41. The van der Waals surface area contributed by atoms with Gasteiger partial charge >= 0.3 is 0 Å². The van der Waals surface area contributed by atoms with Crippen LogP contribution < -0.4 is 4.90 Å².